The number of Topliss-reactive ketones (excluding diaryl/α,β-unsaturated/α-hetero) is 2. The third-order valence-electron chi connectivity index (χ3n) is 2.92. The lowest BCUT2D eigenvalue weighted by molar-refractivity contribution is -0.167. The molecule has 2 atom stereocenters. The van der Waals surface area contributed by atoms with Gasteiger partial charge in [-0.2, -0.15) is 0 Å². The van der Waals surface area contributed by atoms with Crippen LogP contribution >= 0.6 is 0 Å². The highest BCUT2D eigenvalue weighted by atomic mass is 16.6. The summed E-state index contributed by atoms with van der Waals surface area (Å²) < 4.78 is 10.7. The smallest absolute Gasteiger partial charge is 0.174 e. The predicted molar refractivity (Wildman–Crippen MR) is 48.0 cm³/mol. The second-order valence-electron chi connectivity index (χ2n) is 3.84. The van der Waals surface area contributed by atoms with Crippen molar-refractivity contribution >= 4 is 11.6 Å². The number of ketones is 2. The SMILES string of the molecule is CCOCC12CCC(O1)C(=O)CC2=O. The number of fused-ring (bicyclic) bond motifs is 2. The monoisotopic (exact) mass is 198 g/mol. The van der Waals surface area contributed by atoms with Gasteiger partial charge in [-0.25, -0.2) is 0 Å². The van der Waals surface area contributed by atoms with E-state index < -0.39 is 5.60 Å². The second kappa shape index (κ2) is 3.44. The standard InChI is InChI=1S/C10H14O4/c1-2-13-6-10-4-3-8(14-10)7(11)5-9(10)12/h8H,2-6H2,1H3. The van der Waals surface area contributed by atoms with E-state index in [1.165, 1.54) is 0 Å². The van der Waals surface area contributed by atoms with Crippen LogP contribution in [0.5, 0.6) is 0 Å². The Balaban J connectivity index is 2.12. The van der Waals surface area contributed by atoms with E-state index in [4.69, 9.17) is 9.47 Å². The summed E-state index contributed by atoms with van der Waals surface area (Å²) in [7, 11) is 0. The molecule has 4 heteroatoms. The first-order valence-corrected chi connectivity index (χ1v) is 4.99. The first-order valence-electron chi connectivity index (χ1n) is 4.99. The molecule has 0 radical (unpaired) electrons. The third kappa shape index (κ3) is 1.38. The molecular formula is C10H14O4. The Bertz CT molecular complexity index is 273. The summed E-state index contributed by atoms with van der Waals surface area (Å²) >= 11 is 0. The highest BCUT2D eigenvalue weighted by Crippen LogP contribution is 2.37. The van der Waals surface area contributed by atoms with Crippen LogP contribution in [-0.4, -0.2) is 36.5 Å². The zero-order valence-corrected chi connectivity index (χ0v) is 8.25. The van der Waals surface area contributed by atoms with Gasteiger partial charge in [0, 0.05) is 6.61 Å². The van der Waals surface area contributed by atoms with Crippen molar-refractivity contribution in [1.82, 2.24) is 0 Å². The minimum absolute atomic E-state index is 0.0255. The number of hydrogen-bond acceptors (Lipinski definition) is 4. The van der Waals surface area contributed by atoms with E-state index >= 15 is 0 Å². The number of carbonyl (C=O) groups excluding carboxylic acids is 2. The molecule has 0 aromatic carbocycles. The number of rotatable bonds is 3. The van der Waals surface area contributed by atoms with Gasteiger partial charge in [-0.3, -0.25) is 9.59 Å². The van der Waals surface area contributed by atoms with E-state index in [-0.39, 0.29) is 24.1 Å². The van der Waals surface area contributed by atoms with Crippen LogP contribution < -0.4 is 0 Å². The fourth-order valence-electron chi connectivity index (χ4n) is 2.07. The fraction of sp³-hybridized carbons (Fsp3) is 0.800. The fourth-order valence-corrected chi connectivity index (χ4v) is 2.07. The molecule has 2 heterocycles. The molecule has 2 fully saturated rings. The molecule has 78 valence electrons. The van der Waals surface area contributed by atoms with Gasteiger partial charge in [-0.15, -0.1) is 0 Å². The summed E-state index contributed by atoms with van der Waals surface area (Å²) in [6.45, 7) is 2.74. The zero-order chi connectivity index (χ0) is 10.2. The molecule has 0 aliphatic carbocycles. The maximum absolute atomic E-state index is 11.7. The lowest BCUT2D eigenvalue weighted by atomic mass is 9.94. The van der Waals surface area contributed by atoms with Gasteiger partial charge in [-0.05, 0) is 19.8 Å². The van der Waals surface area contributed by atoms with Gasteiger partial charge in [0.15, 0.2) is 17.2 Å². The summed E-state index contributed by atoms with van der Waals surface area (Å²) in [5.74, 6) is -0.177. The van der Waals surface area contributed by atoms with Gasteiger partial charge < -0.3 is 9.47 Å². The second-order valence-corrected chi connectivity index (χ2v) is 3.84. The van der Waals surface area contributed by atoms with Gasteiger partial charge in [0.2, 0.25) is 0 Å². The van der Waals surface area contributed by atoms with Crippen molar-refractivity contribution in [2.75, 3.05) is 13.2 Å². The van der Waals surface area contributed by atoms with Crippen molar-refractivity contribution in [3.8, 4) is 0 Å². The number of ether oxygens (including phenoxy) is 2. The summed E-state index contributed by atoms with van der Waals surface area (Å²) in [6.07, 6.45) is 0.964. The average molecular weight is 198 g/mol. The largest absolute Gasteiger partial charge is 0.378 e. The third-order valence-corrected chi connectivity index (χ3v) is 2.92. The van der Waals surface area contributed by atoms with Crippen LogP contribution in [0.2, 0.25) is 0 Å². The highest BCUT2D eigenvalue weighted by molar-refractivity contribution is 6.07. The van der Waals surface area contributed by atoms with Crippen molar-refractivity contribution in [2.24, 2.45) is 0 Å². The molecule has 2 rings (SSSR count). The topological polar surface area (TPSA) is 52.6 Å². The van der Waals surface area contributed by atoms with Crippen molar-refractivity contribution < 1.29 is 19.1 Å². The summed E-state index contributed by atoms with van der Waals surface area (Å²) in [6, 6.07) is 0. The molecule has 14 heavy (non-hydrogen) atoms. The van der Waals surface area contributed by atoms with Crippen LogP contribution in [-0.2, 0) is 19.1 Å². The molecule has 2 aliphatic heterocycles. The molecule has 2 bridgehead atoms. The van der Waals surface area contributed by atoms with Crippen molar-refractivity contribution in [3.05, 3.63) is 0 Å². The quantitative estimate of drug-likeness (QED) is 0.619. The van der Waals surface area contributed by atoms with Crippen LogP contribution in [0.3, 0.4) is 0 Å². The van der Waals surface area contributed by atoms with Crippen molar-refractivity contribution in [3.63, 3.8) is 0 Å². The van der Waals surface area contributed by atoms with E-state index in [0.717, 1.165) is 0 Å². The van der Waals surface area contributed by atoms with Crippen LogP contribution in [0, 0.1) is 0 Å². The van der Waals surface area contributed by atoms with Gasteiger partial charge >= 0.3 is 0 Å². The molecule has 2 unspecified atom stereocenters. The first-order chi connectivity index (χ1) is 6.68. The summed E-state index contributed by atoms with van der Waals surface area (Å²) in [4.78, 5) is 23.0. The van der Waals surface area contributed by atoms with Gasteiger partial charge in [-0.1, -0.05) is 0 Å². The Labute approximate surface area is 82.6 Å². The number of carbonyl (C=O) groups is 2. The Hall–Kier alpha value is -0.740. The Morgan fingerprint density at radius 3 is 3.07 bits per heavy atom. The van der Waals surface area contributed by atoms with Gasteiger partial charge in [0.05, 0.1) is 13.0 Å². The molecule has 0 amide bonds. The predicted octanol–water partition coefficient (Wildman–Crippen LogP) is 0.483. The molecular weight excluding hydrogens is 184 g/mol. The number of hydrogen-bond donors (Lipinski definition) is 0. The van der Waals surface area contributed by atoms with Crippen molar-refractivity contribution in [1.29, 1.82) is 0 Å². The minimum atomic E-state index is -0.797. The van der Waals surface area contributed by atoms with Gasteiger partial charge in [0.25, 0.3) is 0 Å². The van der Waals surface area contributed by atoms with Crippen LogP contribution in [0.1, 0.15) is 26.2 Å². The van der Waals surface area contributed by atoms with Crippen LogP contribution in [0.15, 0.2) is 0 Å². The summed E-state index contributed by atoms with van der Waals surface area (Å²) in [5.41, 5.74) is -0.797. The normalized spacial score (nSPS) is 36.5. The molecule has 0 N–H and O–H groups in total. The summed E-state index contributed by atoms with van der Waals surface area (Å²) in [5, 5.41) is 0. The molecule has 2 aliphatic rings. The first kappa shape index (κ1) is 9.80. The van der Waals surface area contributed by atoms with E-state index in [2.05, 4.69) is 0 Å². The zero-order valence-electron chi connectivity index (χ0n) is 8.25. The van der Waals surface area contributed by atoms with E-state index in [1.807, 2.05) is 6.92 Å². The average Bonchev–Trinajstić information content (AvgIpc) is 2.55. The van der Waals surface area contributed by atoms with Gasteiger partial charge in [0.1, 0.15) is 6.10 Å². The molecule has 0 aromatic heterocycles. The van der Waals surface area contributed by atoms with Crippen LogP contribution in [0.4, 0.5) is 0 Å². The van der Waals surface area contributed by atoms with Crippen LogP contribution in [0.25, 0.3) is 0 Å². The van der Waals surface area contributed by atoms with E-state index in [9.17, 15) is 9.59 Å². The maximum atomic E-state index is 11.7. The minimum Gasteiger partial charge on any atom is -0.378 e. The Morgan fingerprint density at radius 2 is 2.36 bits per heavy atom. The molecule has 0 spiro atoms. The molecule has 0 aromatic rings. The molecule has 4 nitrogen and oxygen atoms in total. The van der Waals surface area contributed by atoms with Crippen molar-refractivity contribution in [2.45, 2.75) is 37.9 Å². The molecule has 0 saturated carbocycles. The van der Waals surface area contributed by atoms with E-state index in [1.54, 1.807) is 0 Å². The highest BCUT2D eigenvalue weighted by Gasteiger charge is 2.53. The molecule has 2 saturated heterocycles. The van der Waals surface area contributed by atoms with E-state index in [0.29, 0.717) is 26.1 Å². The Morgan fingerprint density at radius 1 is 1.57 bits per heavy atom. The lowest BCUT2D eigenvalue weighted by Gasteiger charge is -2.30. The maximum Gasteiger partial charge on any atom is 0.174 e. The Kier molecular flexibility index (Phi) is 2.41. The lowest BCUT2D eigenvalue weighted by Crippen LogP contribution is -2.49.